The van der Waals surface area contributed by atoms with E-state index in [1.807, 2.05) is 19.1 Å². The first-order chi connectivity index (χ1) is 9.08. The normalized spacial score (nSPS) is 12.4. The van der Waals surface area contributed by atoms with Gasteiger partial charge >= 0.3 is 0 Å². The van der Waals surface area contributed by atoms with Gasteiger partial charge in [0.15, 0.2) is 11.6 Å². The van der Waals surface area contributed by atoms with Crippen molar-refractivity contribution in [2.75, 3.05) is 0 Å². The molecular formula is C14H13F3N2. The molecule has 0 fully saturated rings. The van der Waals surface area contributed by atoms with Crippen LogP contribution in [0.1, 0.15) is 24.1 Å². The smallest absolute Gasteiger partial charge is 0.161 e. The van der Waals surface area contributed by atoms with Gasteiger partial charge in [-0.25, -0.2) is 13.2 Å². The van der Waals surface area contributed by atoms with E-state index in [0.717, 1.165) is 11.6 Å². The van der Waals surface area contributed by atoms with Crippen molar-refractivity contribution in [3.63, 3.8) is 0 Å². The molecule has 1 N–H and O–H groups in total. The average molecular weight is 266 g/mol. The molecule has 0 radical (unpaired) electrons. The van der Waals surface area contributed by atoms with Crippen LogP contribution in [0.2, 0.25) is 0 Å². The van der Waals surface area contributed by atoms with Crippen LogP contribution in [0.5, 0.6) is 0 Å². The fourth-order valence-electron chi connectivity index (χ4n) is 1.73. The third-order valence-corrected chi connectivity index (χ3v) is 2.89. The van der Waals surface area contributed by atoms with E-state index in [1.165, 1.54) is 0 Å². The van der Waals surface area contributed by atoms with Crippen LogP contribution in [-0.4, -0.2) is 4.98 Å². The predicted octanol–water partition coefficient (Wildman–Crippen LogP) is 3.35. The molecule has 1 heterocycles. The highest BCUT2D eigenvalue weighted by atomic mass is 19.2. The highest BCUT2D eigenvalue weighted by molar-refractivity contribution is 5.21. The molecule has 1 aromatic carbocycles. The standard InChI is InChI=1S/C14H13F3N2/c1-9(10-2-4-18-5-3-10)19-8-11-6-13(16)14(17)7-12(11)15/h2-7,9,19H,8H2,1H3/t9-/m0/s1. The number of halogens is 3. The molecule has 0 unspecified atom stereocenters. The number of nitrogens with zero attached hydrogens (tertiary/aromatic N) is 1. The summed E-state index contributed by atoms with van der Waals surface area (Å²) >= 11 is 0. The summed E-state index contributed by atoms with van der Waals surface area (Å²) in [4.78, 5) is 3.90. The van der Waals surface area contributed by atoms with E-state index in [-0.39, 0.29) is 18.2 Å². The Hall–Kier alpha value is -1.88. The van der Waals surface area contributed by atoms with Crippen LogP contribution in [0.25, 0.3) is 0 Å². The van der Waals surface area contributed by atoms with Crippen molar-refractivity contribution in [1.29, 1.82) is 0 Å². The molecule has 0 aliphatic heterocycles. The van der Waals surface area contributed by atoms with E-state index in [4.69, 9.17) is 0 Å². The Bertz CT molecular complexity index is 558. The Balaban J connectivity index is 2.05. The lowest BCUT2D eigenvalue weighted by Crippen LogP contribution is -2.19. The topological polar surface area (TPSA) is 24.9 Å². The molecule has 1 atom stereocenters. The Kier molecular flexibility index (Phi) is 4.16. The molecule has 5 heteroatoms. The largest absolute Gasteiger partial charge is 0.306 e. The van der Waals surface area contributed by atoms with Crippen LogP contribution < -0.4 is 5.32 Å². The van der Waals surface area contributed by atoms with E-state index in [1.54, 1.807) is 12.4 Å². The fourth-order valence-corrected chi connectivity index (χ4v) is 1.73. The maximum absolute atomic E-state index is 13.4. The number of rotatable bonds is 4. The third-order valence-electron chi connectivity index (χ3n) is 2.89. The molecule has 0 aliphatic rings. The summed E-state index contributed by atoms with van der Waals surface area (Å²) in [6.45, 7) is 2.01. The zero-order valence-corrected chi connectivity index (χ0v) is 10.3. The fraction of sp³-hybridized carbons (Fsp3) is 0.214. The van der Waals surface area contributed by atoms with E-state index >= 15 is 0 Å². The minimum absolute atomic E-state index is 0.0458. The first-order valence-corrected chi connectivity index (χ1v) is 5.84. The van der Waals surface area contributed by atoms with Crippen LogP contribution in [0.3, 0.4) is 0 Å². The van der Waals surface area contributed by atoms with Crippen LogP contribution >= 0.6 is 0 Å². The van der Waals surface area contributed by atoms with Gasteiger partial charge in [-0.1, -0.05) is 0 Å². The van der Waals surface area contributed by atoms with Crippen LogP contribution in [0, 0.1) is 17.5 Å². The van der Waals surface area contributed by atoms with Gasteiger partial charge in [0.1, 0.15) is 5.82 Å². The first kappa shape index (κ1) is 13.5. The Labute approximate surface area is 109 Å². The summed E-state index contributed by atoms with van der Waals surface area (Å²) in [5.41, 5.74) is 1.08. The van der Waals surface area contributed by atoms with Crippen LogP contribution in [0.4, 0.5) is 13.2 Å². The summed E-state index contributed by atoms with van der Waals surface area (Å²) in [6, 6.07) is 5.05. The molecular weight excluding hydrogens is 253 g/mol. The number of hydrogen-bond donors (Lipinski definition) is 1. The molecule has 2 nitrogen and oxygen atoms in total. The average Bonchev–Trinajstić information content (AvgIpc) is 2.42. The van der Waals surface area contributed by atoms with Crippen LogP contribution in [0.15, 0.2) is 36.7 Å². The second-order valence-electron chi connectivity index (χ2n) is 4.24. The van der Waals surface area contributed by atoms with E-state index < -0.39 is 17.5 Å². The lowest BCUT2D eigenvalue weighted by molar-refractivity contribution is 0.482. The minimum Gasteiger partial charge on any atom is -0.306 e. The van der Waals surface area contributed by atoms with Gasteiger partial charge in [-0.15, -0.1) is 0 Å². The molecule has 0 spiro atoms. The van der Waals surface area contributed by atoms with E-state index in [9.17, 15) is 13.2 Å². The molecule has 0 saturated heterocycles. The Morgan fingerprint density at radius 2 is 1.68 bits per heavy atom. The maximum atomic E-state index is 13.4. The van der Waals surface area contributed by atoms with Crippen molar-refractivity contribution in [2.45, 2.75) is 19.5 Å². The molecule has 0 amide bonds. The maximum Gasteiger partial charge on any atom is 0.161 e. The molecule has 0 saturated carbocycles. The number of hydrogen-bond acceptors (Lipinski definition) is 2. The molecule has 1 aromatic heterocycles. The number of benzene rings is 1. The third kappa shape index (κ3) is 3.32. The predicted molar refractivity (Wildman–Crippen MR) is 65.8 cm³/mol. The molecule has 19 heavy (non-hydrogen) atoms. The van der Waals surface area contributed by atoms with Crippen molar-refractivity contribution >= 4 is 0 Å². The highest BCUT2D eigenvalue weighted by Gasteiger charge is 2.11. The molecule has 0 aliphatic carbocycles. The second kappa shape index (κ2) is 5.84. The van der Waals surface area contributed by atoms with Gasteiger partial charge < -0.3 is 5.32 Å². The first-order valence-electron chi connectivity index (χ1n) is 5.84. The summed E-state index contributed by atoms with van der Waals surface area (Å²) in [5.74, 6) is -2.98. The zero-order chi connectivity index (χ0) is 13.8. The Morgan fingerprint density at radius 1 is 1.05 bits per heavy atom. The van der Waals surface area contributed by atoms with Gasteiger partial charge in [-0.05, 0) is 30.7 Å². The van der Waals surface area contributed by atoms with Gasteiger partial charge in [-0.3, -0.25) is 4.98 Å². The van der Waals surface area contributed by atoms with Gasteiger partial charge in [0.25, 0.3) is 0 Å². The molecule has 2 aromatic rings. The highest BCUT2D eigenvalue weighted by Crippen LogP contribution is 2.16. The monoisotopic (exact) mass is 266 g/mol. The van der Waals surface area contributed by atoms with E-state index in [2.05, 4.69) is 10.3 Å². The SMILES string of the molecule is C[C@H](NCc1cc(F)c(F)cc1F)c1ccncc1. The van der Waals surface area contributed by atoms with Gasteiger partial charge in [0.05, 0.1) is 0 Å². The van der Waals surface area contributed by atoms with Crippen molar-refractivity contribution in [1.82, 2.24) is 10.3 Å². The molecule has 2 rings (SSSR count). The Morgan fingerprint density at radius 3 is 2.37 bits per heavy atom. The molecule has 0 bridgehead atoms. The summed E-state index contributed by atoms with van der Waals surface area (Å²) in [7, 11) is 0. The van der Waals surface area contributed by atoms with Gasteiger partial charge in [0, 0.05) is 36.6 Å². The lowest BCUT2D eigenvalue weighted by atomic mass is 10.1. The van der Waals surface area contributed by atoms with Gasteiger partial charge in [0.2, 0.25) is 0 Å². The number of nitrogens with one attached hydrogen (secondary N) is 1. The number of pyridine rings is 1. The van der Waals surface area contributed by atoms with Crippen molar-refractivity contribution in [2.24, 2.45) is 0 Å². The van der Waals surface area contributed by atoms with Crippen molar-refractivity contribution < 1.29 is 13.2 Å². The second-order valence-corrected chi connectivity index (χ2v) is 4.24. The summed E-state index contributed by atoms with van der Waals surface area (Å²) in [5, 5.41) is 3.05. The lowest BCUT2D eigenvalue weighted by Gasteiger charge is -2.14. The van der Waals surface area contributed by atoms with Crippen molar-refractivity contribution in [3.05, 3.63) is 65.2 Å². The summed E-state index contributed by atoms with van der Waals surface area (Å²) in [6.07, 6.45) is 3.32. The van der Waals surface area contributed by atoms with Crippen molar-refractivity contribution in [3.8, 4) is 0 Å². The summed E-state index contributed by atoms with van der Waals surface area (Å²) < 4.78 is 39.2. The van der Waals surface area contributed by atoms with E-state index in [0.29, 0.717) is 6.07 Å². The van der Waals surface area contributed by atoms with Crippen LogP contribution in [-0.2, 0) is 6.54 Å². The van der Waals surface area contributed by atoms with Gasteiger partial charge in [-0.2, -0.15) is 0 Å². The molecule has 100 valence electrons. The quantitative estimate of drug-likeness (QED) is 0.858. The zero-order valence-electron chi connectivity index (χ0n) is 10.3. The number of aromatic nitrogens is 1. The minimum atomic E-state index is -1.18.